The van der Waals surface area contributed by atoms with E-state index in [-0.39, 0.29) is 0 Å². The number of benzene rings is 1. The smallest absolute Gasteiger partial charge is 0.116 e. The molecule has 4 rings (SSSR count). The summed E-state index contributed by atoms with van der Waals surface area (Å²) in [5.41, 5.74) is 6.20. The maximum Gasteiger partial charge on any atom is 0.116 e. The number of aromatic hydroxyl groups is 1. The first-order valence-electron chi connectivity index (χ1n) is 7.40. The summed E-state index contributed by atoms with van der Waals surface area (Å²) in [6.45, 7) is 4.46. The summed E-state index contributed by atoms with van der Waals surface area (Å²) < 4.78 is 0. The molecule has 1 aliphatic heterocycles. The first kappa shape index (κ1) is 12.0. The van der Waals surface area contributed by atoms with Gasteiger partial charge in [-0.2, -0.15) is 5.10 Å². The van der Waals surface area contributed by atoms with Crippen molar-refractivity contribution in [1.82, 2.24) is 15.1 Å². The van der Waals surface area contributed by atoms with E-state index < -0.39 is 0 Å². The highest BCUT2D eigenvalue weighted by Gasteiger charge is 2.35. The summed E-state index contributed by atoms with van der Waals surface area (Å²) in [7, 11) is 0. The van der Waals surface area contributed by atoms with Gasteiger partial charge < -0.3 is 5.11 Å². The molecule has 2 heterocycles. The van der Waals surface area contributed by atoms with Gasteiger partial charge in [-0.05, 0) is 54.6 Å². The number of aromatic amines is 1. The van der Waals surface area contributed by atoms with Crippen LogP contribution in [-0.2, 0) is 12.8 Å². The van der Waals surface area contributed by atoms with Gasteiger partial charge in [-0.15, -0.1) is 0 Å². The molecule has 20 heavy (non-hydrogen) atoms. The SMILES string of the molecule is CCCN1CCc2cc(O)cc3c2C1Cc1cn[nH]c1-3. The molecule has 0 spiro atoms. The van der Waals surface area contributed by atoms with Gasteiger partial charge in [0.05, 0.1) is 11.9 Å². The zero-order valence-electron chi connectivity index (χ0n) is 11.7. The normalized spacial score (nSPS) is 20.6. The van der Waals surface area contributed by atoms with Crippen molar-refractivity contribution in [2.75, 3.05) is 13.1 Å². The van der Waals surface area contributed by atoms with E-state index in [9.17, 15) is 5.11 Å². The van der Waals surface area contributed by atoms with Gasteiger partial charge in [0.15, 0.2) is 0 Å². The van der Waals surface area contributed by atoms with Crippen molar-refractivity contribution >= 4 is 0 Å². The fourth-order valence-electron chi connectivity index (χ4n) is 3.80. The van der Waals surface area contributed by atoms with Crippen molar-refractivity contribution in [3.05, 3.63) is 35.0 Å². The largest absolute Gasteiger partial charge is 0.508 e. The van der Waals surface area contributed by atoms with Crippen molar-refractivity contribution in [2.24, 2.45) is 0 Å². The highest BCUT2D eigenvalue weighted by molar-refractivity contribution is 5.73. The molecule has 4 heteroatoms. The second-order valence-electron chi connectivity index (χ2n) is 5.84. The number of aromatic nitrogens is 2. The number of phenols is 1. The first-order valence-corrected chi connectivity index (χ1v) is 7.40. The lowest BCUT2D eigenvalue weighted by Crippen LogP contribution is -2.38. The Bertz CT molecular complexity index is 662. The van der Waals surface area contributed by atoms with Crippen LogP contribution >= 0.6 is 0 Å². The zero-order valence-corrected chi connectivity index (χ0v) is 11.7. The molecule has 2 aliphatic rings. The Balaban J connectivity index is 1.92. The topological polar surface area (TPSA) is 52.1 Å². The van der Waals surface area contributed by atoms with E-state index in [1.54, 1.807) is 0 Å². The van der Waals surface area contributed by atoms with Crippen LogP contribution in [0.5, 0.6) is 5.75 Å². The summed E-state index contributed by atoms with van der Waals surface area (Å²) in [4.78, 5) is 2.58. The van der Waals surface area contributed by atoms with Gasteiger partial charge in [0.1, 0.15) is 5.75 Å². The lowest BCUT2D eigenvalue weighted by atomic mass is 9.79. The number of phenolic OH excluding ortho intramolecular Hbond substituents is 1. The number of hydrogen-bond acceptors (Lipinski definition) is 3. The highest BCUT2D eigenvalue weighted by atomic mass is 16.3. The zero-order chi connectivity index (χ0) is 13.7. The summed E-state index contributed by atoms with van der Waals surface area (Å²) in [5, 5.41) is 17.3. The van der Waals surface area contributed by atoms with E-state index in [2.05, 4.69) is 22.0 Å². The first-order chi connectivity index (χ1) is 9.78. The molecule has 4 nitrogen and oxygen atoms in total. The van der Waals surface area contributed by atoms with Crippen molar-refractivity contribution in [3.8, 4) is 17.0 Å². The van der Waals surface area contributed by atoms with Gasteiger partial charge in [-0.25, -0.2) is 0 Å². The Kier molecular flexibility index (Phi) is 2.60. The van der Waals surface area contributed by atoms with Crippen molar-refractivity contribution in [3.63, 3.8) is 0 Å². The maximum atomic E-state index is 9.99. The minimum absolute atomic E-state index is 0.365. The molecule has 2 N–H and O–H groups in total. The van der Waals surface area contributed by atoms with Gasteiger partial charge in [0, 0.05) is 18.2 Å². The molecule has 0 radical (unpaired) electrons. The van der Waals surface area contributed by atoms with Gasteiger partial charge in [0.2, 0.25) is 0 Å². The van der Waals surface area contributed by atoms with Crippen LogP contribution in [0, 0.1) is 0 Å². The van der Waals surface area contributed by atoms with Gasteiger partial charge in [-0.3, -0.25) is 10.00 Å². The Labute approximate surface area is 118 Å². The molecule has 1 unspecified atom stereocenters. The van der Waals surface area contributed by atoms with Crippen LogP contribution in [-0.4, -0.2) is 33.3 Å². The van der Waals surface area contributed by atoms with Crippen LogP contribution < -0.4 is 0 Å². The second-order valence-corrected chi connectivity index (χ2v) is 5.84. The predicted octanol–water partition coefficient (Wildman–Crippen LogP) is 2.65. The summed E-state index contributed by atoms with van der Waals surface area (Å²) >= 11 is 0. The highest BCUT2D eigenvalue weighted by Crippen LogP contribution is 2.45. The van der Waals surface area contributed by atoms with E-state index >= 15 is 0 Å². The third-order valence-corrected chi connectivity index (χ3v) is 4.60. The van der Waals surface area contributed by atoms with Crippen LogP contribution in [0.25, 0.3) is 11.3 Å². The van der Waals surface area contributed by atoms with Crippen molar-refractivity contribution in [1.29, 1.82) is 0 Å². The molecule has 0 saturated heterocycles. The number of rotatable bonds is 2. The summed E-state index contributed by atoms with van der Waals surface area (Å²) in [6, 6.07) is 4.27. The Morgan fingerprint density at radius 2 is 2.30 bits per heavy atom. The number of nitrogens with zero attached hydrogens (tertiary/aromatic N) is 2. The van der Waals surface area contributed by atoms with E-state index in [0.29, 0.717) is 11.8 Å². The second kappa shape index (κ2) is 4.35. The molecule has 0 saturated carbocycles. The number of nitrogens with one attached hydrogen (secondary N) is 1. The van der Waals surface area contributed by atoms with Gasteiger partial charge >= 0.3 is 0 Å². The fraction of sp³-hybridized carbons (Fsp3) is 0.438. The molecule has 0 amide bonds. The summed E-state index contributed by atoms with van der Waals surface area (Å²) in [6.07, 6.45) is 5.16. The quantitative estimate of drug-likeness (QED) is 0.881. The minimum atomic E-state index is 0.365. The van der Waals surface area contributed by atoms with Crippen molar-refractivity contribution in [2.45, 2.75) is 32.2 Å². The molecule has 0 bridgehead atoms. The maximum absolute atomic E-state index is 9.99. The third-order valence-electron chi connectivity index (χ3n) is 4.60. The summed E-state index contributed by atoms with van der Waals surface area (Å²) in [5.74, 6) is 0.365. The van der Waals surface area contributed by atoms with Gasteiger partial charge in [-0.1, -0.05) is 6.92 Å². The lowest BCUT2D eigenvalue weighted by molar-refractivity contribution is 0.183. The van der Waals surface area contributed by atoms with Crippen LogP contribution in [0.1, 0.15) is 36.1 Å². The number of hydrogen-bond donors (Lipinski definition) is 2. The third kappa shape index (κ3) is 1.61. The molecular weight excluding hydrogens is 250 g/mol. The molecule has 104 valence electrons. The standard InChI is InChI=1S/C16H19N3O/c1-2-4-19-5-3-10-6-12(20)8-13-15(10)14(19)7-11-9-17-18-16(11)13/h6,8-9,14,20H,2-5,7H2,1H3,(H,17,18). The molecule has 1 atom stereocenters. The van der Waals surface area contributed by atoms with Crippen LogP contribution in [0.3, 0.4) is 0 Å². The average Bonchev–Trinajstić information content (AvgIpc) is 2.90. The Hall–Kier alpha value is -1.81. The number of H-pyrrole nitrogens is 1. The Morgan fingerprint density at radius 1 is 1.40 bits per heavy atom. The molecule has 1 aliphatic carbocycles. The lowest BCUT2D eigenvalue weighted by Gasteiger charge is -2.40. The van der Waals surface area contributed by atoms with Crippen LogP contribution in [0.15, 0.2) is 18.3 Å². The van der Waals surface area contributed by atoms with Crippen LogP contribution in [0.4, 0.5) is 0 Å². The molecular formula is C16H19N3O. The van der Waals surface area contributed by atoms with Crippen molar-refractivity contribution < 1.29 is 5.11 Å². The van der Waals surface area contributed by atoms with E-state index in [0.717, 1.165) is 37.2 Å². The van der Waals surface area contributed by atoms with Gasteiger partial charge in [0.25, 0.3) is 0 Å². The number of fused-ring (bicyclic) bond motifs is 2. The van der Waals surface area contributed by atoms with Crippen LogP contribution in [0.2, 0.25) is 0 Å². The Morgan fingerprint density at radius 3 is 3.15 bits per heavy atom. The minimum Gasteiger partial charge on any atom is -0.508 e. The predicted molar refractivity (Wildman–Crippen MR) is 77.7 cm³/mol. The molecule has 2 aromatic rings. The van der Waals surface area contributed by atoms with E-state index in [4.69, 9.17) is 0 Å². The molecule has 0 fully saturated rings. The molecule has 1 aromatic carbocycles. The van der Waals surface area contributed by atoms with E-state index in [1.165, 1.54) is 23.1 Å². The monoisotopic (exact) mass is 269 g/mol. The fourth-order valence-corrected chi connectivity index (χ4v) is 3.80. The average molecular weight is 269 g/mol. The molecule has 1 aromatic heterocycles. The van der Waals surface area contributed by atoms with E-state index in [1.807, 2.05) is 18.3 Å².